The second-order valence-corrected chi connectivity index (χ2v) is 10.2. The molecular weight excluding hydrogens is 462 g/mol. The molecule has 33 heavy (non-hydrogen) atoms. The molecule has 0 bridgehead atoms. The standard InChI is InChI=1S/C24H32ClN3O4S/c1-5-19-11-13-22(14-12-19)28(33(4,31)32)15-7-10-23(29)27(18(2)24(30)26-3)17-20-8-6-9-21(25)16-20/h6,8-9,11-14,16,18H,5,7,10,15,17H2,1-4H3,(H,26,30)/t18-/m0/s1. The van der Waals surface area contributed by atoms with Gasteiger partial charge in [-0.1, -0.05) is 42.8 Å². The quantitative estimate of drug-likeness (QED) is 0.518. The summed E-state index contributed by atoms with van der Waals surface area (Å²) in [6, 6.07) is 13.8. The number of nitrogens with one attached hydrogen (secondary N) is 1. The molecule has 0 aliphatic heterocycles. The normalized spacial score (nSPS) is 12.2. The molecule has 2 aromatic carbocycles. The summed E-state index contributed by atoms with van der Waals surface area (Å²) in [5.41, 5.74) is 2.49. The molecule has 0 spiro atoms. The van der Waals surface area contributed by atoms with Crippen LogP contribution in [0.3, 0.4) is 0 Å². The minimum atomic E-state index is -3.51. The highest BCUT2D eigenvalue weighted by molar-refractivity contribution is 7.92. The van der Waals surface area contributed by atoms with Crippen molar-refractivity contribution in [3.8, 4) is 0 Å². The number of rotatable bonds is 11. The molecule has 0 saturated heterocycles. The molecular formula is C24H32ClN3O4S. The zero-order chi connectivity index (χ0) is 24.6. The fourth-order valence-corrected chi connectivity index (χ4v) is 4.70. The van der Waals surface area contributed by atoms with E-state index >= 15 is 0 Å². The van der Waals surface area contributed by atoms with Gasteiger partial charge in [0.05, 0.1) is 11.9 Å². The van der Waals surface area contributed by atoms with Gasteiger partial charge in [-0.15, -0.1) is 0 Å². The Morgan fingerprint density at radius 2 is 1.76 bits per heavy atom. The molecule has 0 unspecified atom stereocenters. The zero-order valence-corrected chi connectivity index (χ0v) is 21.1. The van der Waals surface area contributed by atoms with Crippen molar-refractivity contribution in [3.63, 3.8) is 0 Å². The Bertz CT molecular complexity index is 1060. The largest absolute Gasteiger partial charge is 0.357 e. The Balaban J connectivity index is 2.13. The summed E-state index contributed by atoms with van der Waals surface area (Å²) in [4.78, 5) is 26.8. The number of nitrogens with zero attached hydrogens (tertiary/aromatic N) is 2. The third-order valence-corrected chi connectivity index (χ3v) is 6.87. The molecule has 1 N–H and O–H groups in total. The van der Waals surface area contributed by atoms with Crippen molar-refractivity contribution >= 4 is 39.1 Å². The predicted molar refractivity (Wildman–Crippen MR) is 133 cm³/mol. The van der Waals surface area contributed by atoms with E-state index in [-0.39, 0.29) is 31.3 Å². The smallest absolute Gasteiger partial charge is 0.242 e. The fourth-order valence-electron chi connectivity index (χ4n) is 3.53. The molecule has 0 saturated carbocycles. The van der Waals surface area contributed by atoms with E-state index in [9.17, 15) is 18.0 Å². The Morgan fingerprint density at radius 3 is 2.30 bits per heavy atom. The predicted octanol–water partition coefficient (Wildman–Crippen LogP) is 3.61. The molecule has 1 atom stereocenters. The summed E-state index contributed by atoms with van der Waals surface area (Å²) in [6.45, 7) is 4.08. The highest BCUT2D eigenvalue weighted by Crippen LogP contribution is 2.20. The average molecular weight is 494 g/mol. The molecule has 0 heterocycles. The number of halogens is 1. The lowest BCUT2D eigenvalue weighted by Gasteiger charge is -2.29. The van der Waals surface area contributed by atoms with E-state index in [0.717, 1.165) is 23.8 Å². The number of amides is 2. The van der Waals surface area contributed by atoms with E-state index in [1.807, 2.05) is 25.1 Å². The minimum Gasteiger partial charge on any atom is -0.357 e. The Hall–Kier alpha value is -2.58. The van der Waals surface area contributed by atoms with Gasteiger partial charge in [0.15, 0.2) is 0 Å². The number of carbonyl (C=O) groups is 2. The number of sulfonamides is 1. The van der Waals surface area contributed by atoms with Gasteiger partial charge in [-0.2, -0.15) is 0 Å². The van der Waals surface area contributed by atoms with Crippen LogP contribution in [-0.4, -0.2) is 51.0 Å². The van der Waals surface area contributed by atoms with Crippen LogP contribution in [0.2, 0.25) is 5.02 Å². The first kappa shape index (κ1) is 26.7. The van der Waals surface area contributed by atoms with Gasteiger partial charge in [0, 0.05) is 31.6 Å². The maximum atomic E-state index is 13.1. The van der Waals surface area contributed by atoms with Crippen LogP contribution in [0.5, 0.6) is 0 Å². The molecule has 0 radical (unpaired) electrons. The summed E-state index contributed by atoms with van der Waals surface area (Å²) < 4.78 is 26.0. The maximum absolute atomic E-state index is 13.1. The lowest BCUT2D eigenvalue weighted by molar-refractivity contribution is -0.140. The summed E-state index contributed by atoms with van der Waals surface area (Å²) in [7, 11) is -1.99. The third kappa shape index (κ3) is 7.75. The van der Waals surface area contributed by atoms with Crippen LogP contribution < -0.4 is 9.62 Å². The van der Waals surface area contributed by atoms with Gasteiger partial charge in [0.1, 0.15) is 6.04 Å². The first-order chi connectivity index (χ1) is 15.6. The summed E-state index contributed by atoms with van der Waals surface area (Å²) in [5.74, 6) is -0.514. The number of hydrogen-bond donors (Lipinski definition) is 1. The van der Waals surface area contributed by atoms with Crippen molar-refractivity contribution < 1.29 is 18.0 Å². The number of hydrogen-bond acceptors (Lipinski definition) is 4. The molecule has 2 aromatic rings. The van der Waals surface area contributed by atoms with E-state index in [2.05, 4.69) is 5.32 Å². The lowest BCUT2D eigenvalue weighted by atomic mass is 10.1. The SMILES string of the molecule is CCc1ccc(N(CCCC(=O)N(Cc2cccc(Cl)c2)[C@@H](C)C(=O)NC)S(C)(=O)=O)cc1. The van der Waals surface area contributed by atoms with Gasteiger partial charge in [-0.25, -0.2) is 8.42 Å². The monoisotopic (exact) mass is 493 g/mol. The molecule has 0 aromatic heterocycles. The average Bonchev–Trinajstić information content (AvgIpc) is 2.78. The molecule has 9 heteroatoms. The maximum Gasteiger partial charge on any atom is 0.242 e. The van der Waals surface area contributed by atoms with Crippen LogP contribution in [0.25, 0.3) is 0 Å². The van der Waals surface area contributed by atoms with Crippen LogP contribution in [-0.2, 0) is 32.6 Å². The Kier molecular flexibility index (Phi) is 9.73. The van der Waals surface area contributed by atoms with Crippen LogP contribution >= 0.6 is 11.6 Å². The van der Waals surface area contributed by atoms with Crippen molar-refractivity contribution in [2.24, 2.45) is 0 Å². The van der Waals surface area contributed by atoms with E-state index < -0.39 is 16.1 Å². The zero-order valence-electron chi connectivity index (χ0n) is 19.5. The number of likely N-dealkylation sites (N-methyl/N-ethyl adjacent to an activating group) is 1. The van der Waals surface area contributed by atoms with Crippen LogP contribution in [0.15, 0.2) is 48.5 Å². The van der Waals surface area contributed by atoms with E-state index in [1.54, 1.807) is 37.3 Å². The van der Waals surface area contributed by atoms with E-state index in [0.29, 0.717) is 17.1 Å². The van der Waals surface area contributed by atoms with Gasteiger partial charge in [0.2, 0.25) is 21.8 Å². The van der Waals surface area contributed by atoms with Gasteiger partial charge >= 0.3 is 0 Å². The highest BCUT2D eigenvalue weighted by atomic mass is 35.5. The van der Waals surface area contributed by atoms with Crippen LogP contribution in [0.4, 0.5) is 5.69 Å². The molecule has 0 aliphatic carbocycles. The number of aryl methyl sites for hydroxylation is 1. The number of anilines is 1. The minimum absolute atomic E-state index is 0.0982. The molecule has 2 rings (SSSR count). The number of carbonyl (C=O) groups excluding carboxylic acids is 2. The highest BCUT2D eigenvalue weighted by Gasteiger charge is 2.26. The Morgan fingerprint density at radius 1 is 1.09 bits per heavy atom. The van der Waals surface area contributed by atoms with Gasteiger partial charge < -0.3 is 10.2 Å². The van der Waals surface area contributed by atoms with Crippen molar-refractivity contribution in [1.29, 1.82) is 0 Å². The van der Waals surface area contributed by atoms with Crippen molar-refractivity contribution in [2.45, 2.75) is 45.7 Å². The Labute approximate surface area is 201 Å². The second kappa shape index (κ2) is 12.0. The number of benzene rings is 2. The van der Waals surface area contributed by atoms with Gasteiger partial charge in [-0.3, -0.25) is 13.9 Å². The van der Waals surface area contributed by atoms with Crippen LogP contribution in [0.1, 0.15) is 37.8 Å². The van der Waals surface area contributed by atoms with Crippen molar-refractivity contribution in [3.05, 3.63) is 64.7 Å². The molecule has 180 valence electrons. The summed E-state index contributed by atoms with van der Waals surface area (Å²) >= 11 is 6.07. The second-order valence-electron chi connectivity index (χ2n) is 7.90. The first-order valence-electron chi connectivity index (χ1n) is 10.9. The first-order valence-corrected chi connectivity index (χ1v) is 13.1. The molecule has 7 nitrogen and oxygen atoms in total. The van der Waals surface area contributed by atoms with E-state index in [4.69, 9.17) is 11.6 Å². The lowest BCUT2D eigenvalue weighted by Crippen LogP contribution is -2.46. The van der Waals surface area contributed by atoms with Gasteiger partial charge in [0.25, 0.3) is 0 Å². The van der Waals surface area contributed by atoms with Crippen molar-refractivity contribution in [1.82, 2.24) is 10.2 Å². The topological polar surface area (TPSA) is 86.8 Å². The molecule has 0 fully saturated rings. The summed E-state index contributed by atoms with van der Waals surface area (Å²) in [5, 5.41) is 3.12. The third-order valence-electron chi connectivity index (χ3n) is 5.44. The van der Waals surface area contributed by atoms with Crippen LogP contribution in [0, 0.1) is 0 Å². The van der Waals surface area contributed by atoms with Gasteiger partial charge in [-0.05, 0) is 55.2 Å². The summed E-state index contributed by atoms with van der Waals surface area (Å²) in [6.07, 6.45) is 2.43. The fraction of sp³-hybridized carbons (Fsp3) is 0.417. The van der Waals surface area contributed by atoms with Crippen molar-refractivity contribution in [2.75, 3.05) is 24.2 Å². The molecule has 2 amide bonds. The molecule has 0 aliphatic rings. The van der Waals surface area contributed by atoms with E-state index in [1.165, 1.54) is 16.3 Å².